The van der Waals surface area contributed by atoms with E-state index in [4.69, 9.17) is 9.15 Å². The van der Waals surface area contributed by atoms with Crippen LogP contribution in [-0.4, -0.2) is 44.8 Å². The molecule has 160 valence electrons. The van der Waals surface area contributed by atoms with E-state index in [1.807, 2.05) is 0 Å². The predicted molar refractivity (Wildman–Crippen MR) is 107 cm³/mol. The number of nitrogens with one attached hydrogen (secondary N) is 2. The third kappa shape index (κ3) is 4.49. The zero-order chi connectivity index (χ0) is 21.3. The van der Waals surface area contributed by atoms with Crippen LogP contribution < -0.4 is 14.8 Å². The van der Waals surface area contributed by atoms with Crippen LogP contribution in [0.5, 0.6) is 5.75 Å². The summed E-state index contributed by atoms with van der Waals surface area (Å²) in [5.74, 6) is -0.0728. The molecule has 10 heteroatoms. The zero-order valence-electron chi connectivity index (χ0n) is 16.5. The molecule has 2 aromatic rings. The van der Waals surface area contributed by atoms with Crippen molar-refractivity contribution in [2.45, 2.75) is 36.7 Å². The van der Waals surface area contributed by atoms with Crippen molar-refractivity contribution < 1.29 is 27.2 Å². The van der Waals surface area contributed by atoms with Crippen molar-refractivity contribution in [3.05, 3.63) is 42.4 Å². The first-order valence-electron chi connectivity index (χ1n) is 9.67. The van der Waals surface area contributed by atoms with Crippen LogP contribution in [0.3, 0.4) is 0 Å². The molecule has 1 aromatic heterocycles. The number of carbonyl (C=O) groups excluding carboxylic acids is 2. The van der Waals surface area contributed by atoms with Crippen LogP contribution in [0, 0.1) is 5.92 Å². The molecule has 1 aromatic carbocycles. The molecule has 30 heavy (non-hydrogen) atoms. The number of furan rings is 1. The number of methoxy groups -OCH3 is 1. The van der Waals surface area contributed by atoms with Gasteiger partial charge >= 0.3 is 0 Å². The zero-order valence-corrected chi connectivity index (χ0v) is 17.3. The van der Waals surface area contributed by atoms with Gasteiger partial charge in [0.25, 0.3) is 0 Å². The van der Waals surface area contributed by atoms with Gasteiger partial charge in [0.1, 0.15) is 11.5 Å². The molecule has 2 N–H and O–H groups in total. The second kappa shape index (κ2) is 8.11. The maximum Gasteiger partial charge on any atom is 0.240 e. The van der Waals surface area contributed by atoms with Crippen molar-refractivity contribution in [3.63, 3.8) is 0 Å². The number of ether oxygens (including phenoxy) is 1. The van der Waals surface area contributed by atoms with Crippen molar-refractivity contribution in [1.29, 1.82) is 0 Å². The van der Waals surface area contributed by atoms with Crippen LogP contribution >= 0.6 is 0 Å². The highest BCUT2D eigenvalue weighted by molar-refractivity contribution is 7.89. The lowest BCUT2D eigenvalue weighted by Gasteiger charge is -2.16. The van der Waals surface area contributed by atoms with Crippen LogP contribution in [0.1, 0.15) is 25.0 Å². The minimum Gasteiger partial charge on any atom is -0.495 e. The molecular formula is C20H23N3O6S. The van der Waals surface area contributed by atoms with Crippen LogP contribution in [0.15, 0.2) is 45.9 Å². The Morgan fingerprint density at radius 3 is 2.77 bits per heavy atom. The Balaban J connectivity index is 1.47. The Morgan fingerprint density at radius 2 is 2.10 bits per heavy atom. The van der Waals surface area contributed by atoms with Gasteiger partial charge in [-0.15, -0.1) is 0 Å². The number of rotatable bonds is 8. The number of nitrogens with zero attached hydrogens (tertiary/aromatic N) is 1. The van der Waals surface area contributed by atoms with Crippen LogP contribution in [0.25, 0.3) is 0 Å². The van der Waals surface area contributed by atoms with Gasteiger partial charge in [0.2, 0.25) is 21.8 Å². The van der Waals surface area contributed by atoms with Crippen molar-refractivity contribution in [3.8, 4) is 5.75 Å². The highest BCUT2D eigenvalue weighted by Gasteiger charge is 2.35. The van der Waals surface area contributed by atoms with Gasteiger partial charge in [0, 0.05) is 19.0 Å². The molecule has 2 amide bonds. The first-order valence-corrected chi connectivity index (χ1v) is 11.2. The highest BCUT2D eigenvalue weighted by atomic mass is 32.2. The van der Waals surface area contributed by atoms with E-state index in [1.54, 1.807) is 17.0 Å². The average molecular weight is 433 g/mol. The van der Waals surface area contributed by atoms with Gasteiger partial charge in [-0.25, -0.2) is 13.1 Å². The lowest BCUT2D eigenvalue weighted by molar-refractivity contribution is -0.128. The first kappa shape index (κ1) is 20.4. The number of sulfonamides is 1. The quantitative estimate of drug-likeness (QED) is 0.654. The first-order chi connectivity index (χ1) is 14.4. The summed E-state index contributed by atoms with van der Waals surface area (Å²) in [6, 6.07) is 7.79. The molecular weight excluding hydrogens is 410 g/mol. The molecule has 4 rings (SSSR count). The third-order valence-corrected chi connectivity index (χ3v) is 6.67. The maximum absolute atomic E-state index is 12.8. The smallest absolute Gasteiger partial charge is 0.240 e. The highest BCUT2D eigenvalue weighted by Crippen LogP contribution is 2.30. The fourth-order valence-electron chi connectivity index (χ4n) is 3.37. The summed E-state index contributed by atoms with van der Waals surface area (Å²) in [5, 5.41) is 2.73. The van der Waals surface area contributed by atoms with Gasteiger partial charge in [-0.1, -0.05) is 0 Å². The molecule has 0 bridgehead atoms. The molecule has 9 nitrogen and oxygen atoms in total. The Bertz CT molecular complexity index is 1050. The van der Waals surface area contributed by atoms with E-state index in [2.05, 4.69) is 10.0 Å². The minimum atomic E-state index is -3.68. The molecule has 0 spiro atoms. The van der Waals surface area contributed by atoms with Crippen LogP contribution in [-0.2, 0) is 26.2 Å². The summed E-state index contributed by atoms with van der Waals surface area (Å²) in [6.07, 6.45) is 3.26. The Hall–Kier alpha value is -2.85. The monoisotopic (exact) mass is 433 g/mol. The average Bonchev–Trinajstić information content (AvgIpc) is 3.21. The molecule has 1 unspecified atom stereocenters. The van der Waals surface area contributed by atoms with Gasteiger partial charge in [-0.05, 0) is 43.2 Å². The number of hydrogen-bond donors (Lipinski definition) is 2. The van der Waals surface area contributed by atoms with E-state index >= 15 is 0 Å². The van der Waals surface area contributed by atoms with Gasteiger partial charge in [-0.2, -0.15) is 0 Å². The van der Waals surface area contributed by atoms with E-state index in [0.29, 0.717) is 18.1 Å². The summed E-state index contributed by atoms with van der Waals surface area (Å²) < 4.78 is 38.1. The second-order valence-electron chi connectivity index (χ2n) is 7.50. The number of amides is 2. The molecule has 2 fully saturated rings. The van der Waals surface area contributed by atoms with Gasteiger partial charge < -0.3 is 19.4 Å². The molecule has 1 saturated heterocycles. The van der Waals surface area contributed by atoms with E-state index in [0.717, 1.165) is 12.8 Å². The van der Waals surface area contributed by atoms with Gasteiger partial charge in [0.05, 0.1) is 36.4 Å². The topological polar surface area (TPSA) is 118 Å². The van der Waals surface area contributed by atoms with E-state index in [1.165, 1.54) is 31.6 Å². The fourth-order valence-corrected chi connectivity index (χ4v) is 4.70. The number of anilines is 1. The molecule has 2 heterocycles. The van der Waals surface area contributed by atoms with Crippen LogP contribution in [0.2, 0.25) is 0 Å². The maximum atomic E-state index is 12.8. The summed E-state index contributed by atoms with van der Waals surface area (Å²) in [7, 11) is -2.24. The van der Waals surface area contributed by atoms with Crippen molar-refractivity contribution in [2.75, 3.05) is 19.0 Å². The number of carbonyl (C=O) groups is 2. The van der Waals surface area contributed by atoms with Gasteiger partial charge in [-0.3, -0.25) is 9.59 Å². The largest absolute Gasteiger partial charge is 0.495 e. The molecule has 0 radical (unpaired) electrons. The molecule has 1 atom stereocenters. The summed E-state index contributed by atoms with van der Waals surface area (Å²) in [6.45, 7) is 0.564. The molecule has 2 aliphatic rings. The Kier molecular flexibility index (Phi) is 5.52. The predicted octanol–water partition coefficient (Wildman–Crippen LogP) is 1.72. The number of benzene rings is 1. The molecule has 1 aliphatic heterocycles. The fraction of sp³-hybridized carbons (Fsp3) is 0.400. The van der Waals surface area contributed by atoms with Crippen LogP contribution in [0.4, 0.5) is 5.69 Å². The summed E-state index contributed by atoms with van der Waals surface area (Å²) in [4.78, 5) is 26.7. The SMILES string of the molecule is COc1ccc(S(=O)(=O)NC2CC2)cc1NC(=O)C1CC(=O)N(Cc2ccco2)C1. The summed E-state index contributed by atoms with van der Waals surface area (Å²) in [5.41, 5.74) is 0.248. The van der Waals surface area contributed by atoms with Crippen molar-refractivity contribution in [1.82, 2.24) is 9.62 Å². The lowest BCUT2D eigenvalue weighted by atomic mass is 10.1. The standard InChI is InChI=1S/C20H23N3O6S/c1-28-18-7-6-16(30(26,27)22-14-4-5-14)10-17(18)21-20(25)13-9-19(24)23(11-13)12-15-3-2-8-29-15/h2-3,6-8,10,13-14,22H,4-5,9,11-12H2,1H3,(H,21,25). The Labute approximate surface area is 174 Å². The van der Waals surface area contributed by atoms with Gasteiger partial charge in [0.15, 0.2) is 0 Å². The minimum absolute atomic E-state index is 0.0280. The van der Waals surface area contributed by atoms with E-state index in [-0.39, 0.29) is 41.4 Å². The second-order valence-corrected chi connectivity index (χ2v) is 9.22. The lowest BCUT2D eigenvalue weighted by Crippen LogP contribution is -2.28. The molecule has 1 aliphatic carbocycles. The summed E-state index contributed by atoms with van der Waals surface area (Å²) >= 11 is 0. The normalized spacial score (nSPS) is 19.2. The third-order valence-electron chi connectivity index (χ3n) is 5.15. The number of likely N-dealkylation sites (tertiary alicyclic amines) is 1. The van der Waals surface area contributed by atoms with E-state index in [9.17, 15) is 18.0 Å². The van der Waals surface area contributed by atoms with Crippen molar-refractivity contribution >= 4 is 27.5 Å². The Morgan fingerprint density at radius 1 is 1.30 bits per heavy atom. The van der Waals surface area contributed by atoms with Crippen molar-refractivity contribution in [2.24, 2.45) is 5.92 Å². The molecule has 1 saturated carbocycles. The number of hydrogen-bond acceptors (Lipinski definition) is 6. The van der Waals surface area contributed by atoms with E-state index < -0.39 is 15.9 Å².